The summed E-state index contributed by atoms with van der Waals surface area (Å²) >= 11 is 0.744. The molecular weight excluding hydrogens is 94.1 g/mol. The minimum atomic E-state index is 0.744. The Morgan fingerprint density at radius 2 is 2.67 bits per heavy atom. The fraction of sp³-hybridized carbons (Fsp3) is 1.00. The van der Waals surface area contributed by atoms with Crippen LogP contribution in [0.15, 0.2) is 0 Å². The summed E-state index contributed by atoms with van der Waals surface area (Å²) in [4.78, 5) is 0. The Morgan fingerprint density at radius 3 is 2.83 bits per heavy atom. The van der Waals surface area contributed by atoms with Crippen LogP contribution < -0.4 is 4.72 Å². The summed E-state index contributed by atoms with van der Waals surface area (Å²) in [5.74, 6) is 1.48. The van der Waals surface area contributed by atoms with Gasteiger partial charge in [0.2, 0.25) is 5.37 Å². The third kappa shape index (κ3) is 0.312. The summed E-state index contributed by atoms with van der Waals surface area (Å²) in [5.41, 5.74) is 0. The van der Waals surface area contributed by atoms with Crippen molar-refractivity contribution in [2.75, 3.05) is 5.75 Å². The third-order valence-corrected chi connectivity index (χ3v) is 3.50. The normalized spacial score (nSPS) is 52.0. The molecule has 2 saturated heterocycles. The van der Waals surface area contributed by atoms with Crippen molar-refractivity contribution in [3.63, 3.8) is 0 Å². The molecule has 0 aromatic carbocycles. The van der Waals surface area contributed by atoms with Gasteiger partial charge in [0.05, 0.1) is 0 Å². The van der Waals surface area contributed by atoms with Crippen molar-refractivity contribution >= 4 is 11.1 Å². The van der Waals surface area contributed by atoms with E-state index in [1.807, 2.05) is 0 Å². The van der Waals surface area contributed by atoms with Gasteiger partial charge in [0, 0.05) is 12.8 Å². The first kappa shape index (κ1) is 3.33. The van der Waals surface area contributed by atoms with Crippen LogP contribution in [0.2, 0.25) is 0 Å². The summed E-state index contributed by atoms with van der Waals surface area (Å²) < 4.78 is 3.40. The first-order valence-electron chi connectivity index (χ1n) is 2.43. The van der Waals surface area contributed by atoms with Crippen molar-refractivity contribution in [3.05, 3.63) is 0 Å². The zero-order chi connectivity index (χ0) is 3.98. The molecule has 0 aliphatic carbocycles. The molecule has 2 unspecified atom stereocenters. The van der Waals surface area contributed by atoms with E-state index in [1.54, 1.807) is 0 Å². The molecule has 0 radical (unpaired) electrons. The van der Waals surface area contributed by atoms with Gasteiger partial charge in [0.1, 0.15) is 16.8 Å². The summed E-state index contributed by atoms with van der Waals surface area (Å²) in [6.45, 7) is 0. The Kier molecular flexibility index (Phi) is 0.515. The number of hydrogen-bond donors (Lipinski definition) is 1. The zero-order valence-corrected chi connectivity index (χ0v) is 4.42. The summed E-state index contributed by atoms with van der Waals surface area (Å²) in [7, 11) is 0. The highest BCUT2D eigenvalue weighted by Crippen LogP contribution is 2.29. The maximum absolute atomic E-state index is 3.40. The predicted octanol–water partition coefficient (Wildman–Crippen LogP) is 0.243. The van der Waals surface area contributed by atoms with Gasteiger partial charge in [0.25, 0.3) is 0 Å². The van der Waals surface area contributed by atoms with Crippen molar-refractivity contribution < 1.29 is 0 Å². The van der Waals surface area contributed by atoms with Gasteiger partial charge >= 0.3 is 0 Å². The minimum Gasteiger partial charge on any atom is -0.0832 e. The number of fused-ring (bicyclic) bond motifs is 1. The van der Waals surface area contributed by atoms with Crippen molar-refractivity contribution in [3.8, 4) is 0 Å². The van der Waals surface area contributed by atoms with Gasteiger partial charge in [0.15, 0.2) is 0 Å². The molecule has 0 saturated carbocycles. The molecule has 0 aromatic rings. The highest BCUT2D eigenvalue weighted by molar-refractivity contribution is 8.02. The van der Waals surface area contributed by atoms with Crippen LogP contribution in [0.25, 0.3) is 0 Å². The summed E-state index contributed by atoms with van der Waals surface area (Å²) in [6.07, 6.45) is 2.95. The molecule has 2 atom stereocenters. The van der Waals surface area contributed by atoms with Gasteiger partial charge in [-0.1, -0.05) is 4.72 Å². The zero-order valence-electron chi connectivity index (χ0n) is 3.61. The average molecular weight is 102 g/mol. The Bertz CT molecular complexity index is 65.9. The number of rotatable bonds is 0. The van der Waals surface area contributed by atoms with E-state index in [1.165, 1.54) is 18.6 Å². The Morgan fingerprint density at radius 1 is 1.67 bits per heavy atom. The molecule has 0 aromatic heterocycles. The van der Waals surface area contributed by atoms with Gasteiger partial charge < -0.3 is 0 Å². The molecule has 2 aliphatic rings. The average Bonchev–Trinajstić information content (AvgIpc) is 2.17. The largest absolute Gasteiger partial charge is 0.227 e. The molecule has 2 heterocycles. The lowest BCUT2D eigenvalue weighted by molar-refractivity contribution is 0.809. The molecule has 0 bridgehead atoms. The minimum absolute atomic E-state index is 0.744. The Hall–Kier alpha value is 0.310. The van der Waals surface area contributed by atoms with E-state index in [0.717, 1.165) is 16.5 Å². The monoisotopic (exact) mass is 102 g/mol. The van der Waals surface area contributed by atoms with Crippen LogP contribution in [0, 0.1) is 0 Å². The number of nitrogens with one attached hydrogen (secondary N) is 1. The Labute approximate surface area is 40.6 Å². The van der Waals surface area contributed by atoms with Gasteiger partial charge in [-0.15, -0.1) is 0 Å². The molecule has 0 amide bonds. The molecular formula is C4H8NS+. The van der Waals surface area contributed by atoms with E-state index in [0.29, 0.717) is 0 Å². The van der Waals surface area contributed by atoms with Crippen molar-refractivity contribution in [1.29, 1.82) is 0 Å². The van der Waals surface area contributed by atoms with E-state index in [9.17, 15) is 0 Å². The maximum Gasteiger partial charge on any atom is 0.227 e. The molecule has 1 nitrogen and oxygen atoms in total. The first-order chi connectivity index (χ1) is 2.97. The van der Waals surface area contributed by atoms with E-state index in [2.05, 4.69) is 4.72 Å². The van der Waals surface area contributed by atoms with Gasteiger partial charge in [-0.2, -0.15) is 0 Å². The lowest BCUT2D eigenvalue weighted by Gasteiger charge is -1.71. The lowest BCUT2D eigenvalue weighted by atomic mass is 10.3. The fourth-order valence-electron chi connectivity index (χ4n) is 0.968. The Balaban J connectivity index is 2.09. The van der Waals surface area contributed by atoms with Gasteiger partial charge in [-0.25, -0.2) is 0 Å². The smallest absolute Gasteiger partial charge is 0.0832 e. The predicted molar refractivity (Wildman–Crippen MR) is 28.4 cm³/mol. The van der Waals surface area contributed by atoms with Gasteiger partial charge in [-0.3, -0.25) is 0 Å². The second kappa shape index (κ2) is 0.928. The SMILES string of the molecule is C1CC2N[S+]2C1. The van der Waals surface area contributed by atoms with Crippen LogP contribution >= 0.6 is 0 Å². The molecule has 2 fully saturated rings. The maximum atomic E-state index is 3.40. The summed E-state index contributed by atoms with van der Waals surface area (Å²) in [6, 6.07) is 0. The summed E-state index contributed by atoms with van der Waals surface area (Å²) in [5, 5.41) is 0.991. The molecule has 2 heteroatoms. The second-order valence-corrected chi connectivity index (χ2v) is 3.95. The molecule has 6 heavy (non-hydrogen) atoms. The van der Waals surface area contributed by atoms with E-state index in [4.69, 9.17) is 0 Å². The second-order valence-electron chi connectivity index (χ2n) is 1.88. The third-order valence-electron chi connectivity index (χ3n) is 1.40. The van der Waals surface area contributed by atoms with Crippen molar-refractivity contribution in [2.24, 2.45) is 0 Å². The molecule has 2 aliphatic heterocycles. The molecule has 0 spiro atoms. The fourth-order valence-corrected chi connectivity index (χ4v) is 2.90. The quantitative estimate of drug-likeness (QED) is 0.343. The van der Waals surface area contributed by atoms with Crippen LogP contribution in [0.3, 0.4) is 0 Å². The van der Waals surface area contributed by atoms with E-state index >= 15 is 0 Å². The van der Waals surface area contributed by atoms with Crippen LogP contribution in [-0.2, 0) is 11.1 Å². The molecule has 2 rings (SSSR count). The molecule has 34 valence electrons. The van der Waals surface area contributed by atoms with E-state index in [-0.39, 0.29) is 0 Å². The highest BCUT2D eigenvalue weighted by atomic mass is 32.2. The lowest BCUT2D eigenvalue weighted by Crippen LogP contribution is -1.91. The number of hydrogen-bond acceptors (Lipinski definition) is 1. The van der Waals surface area contributed by atoms with Crippen LogP contribution in [0.4, 0.5) is 0 Å². The van der Waals surface area contributed by atoms with E-state index < -0.39 is 0 Å². The van der Waals surface area contributed by atoms with Gasteiger partial charge in [-0.05, 0) is 0 Å². The van der Waals surface area contributed by atoms with Crippen LogP contribution in [-0.4, -0.2) is 11.1 Å². The van der Waals surface area contributed by atoms with Crippen molar-refractivity contribution in [2.45, 2.75) is 18.2 Å². The van der Waals surface area contributed by atoms with Crippen LogP contribution in [0.1, 0.15) is 12.8 Å². The topological polar surface area (TPSA) is 21.9 Å². The molecule has 1 N–H and O–H groups in total. The van der Waals surface area contributed by atoms with Crippen LogP contribution in [0.5, 0.6) is 0 Å². The highest BCUT2D eigenvalue weighted by Gasteiger charge is 2.53. The van der Waals surface area contributed by atoms with Crippen molar-refractivity contribution in [1.82, 2.24) is 4.72 Å². The standard InChI is InChI=1S/C4H8NS/c1-2-4-5-6(4)3-1/h4-5H,1-3H2/q+1. The first-order valence-corrected chi connectivity index (χ1v) is 3.88.